The van der Waals surface area contributed by atoms with Crippen LogP contribution in [0.3, 0.4) is 0 Å². The van der Waals surface area contributed by atoms with Gasteiger partial charge in [-0.05, 0) is 30.4 Å². The van der Waals surface area contributed by atoms with Crippen molar-refractivity contribution in [1.82, 2.24) is 19.7 Å². The second-order valence-corrected chi connectivity index (χ2v) is 7.67. The summed E-state index contributed by atoms with van der Waals surface area (Å²) in [5.74, 6) is 1.29. The average Bonchev–Trinajstić information content (AvgIpc) is 3.31. The number of hydrogen-bond acceptors (Lipinski definition) is 5. The number of aromatic nitrogens is 3. The van der Waals surface area contributed by atoms with Gasteiger partial charge in [-0.1, -0.05) is 11.6 Å². The summed E-state index contributed by atoms with van der Waals surface area (Å²) in [5.41, 5.74) is 1.80. The molecule has 0 N–H and O–H groups in total. The zero-order valence-corrected chi connectivity index (χ0v) is 16.2. The highest BCUT2D eigenvalue weighted by Crippen LogP contribution is 2.30. The molecule has 2 fully saturated rings. The second kappa shape index (κ2) is 7.86. The van der Waals surface area contributed by atoms with Gasteiger partial charge in [-0.25, -0.2) is 4.98 Å². The zero-order chi connectivity index (χ0) is 18.8. The molecule has 0 aliphatic carbocycles. The maximum atomic E-state index is 12.6. The highest BCUT2D eigenvalue weighted by Gasteiger charge is 2.26. The number of rotatable bonds is 4. The number of carbonyl (C=O) groups is 1. The Morgan fingerprint density at radius 1 is 1.30 bits per heavy atom. The van der Waals surface area contributed by atoms with Gasteiger partial charge in [0.05, 0.1) is 30.0 Å². The normalized spacial score (nSPS) is 20.3. The number of pyridine rings is 1. The molecule has 1 unspecified atom stereocenters. The molecular weight excluding hydrogens is 366 g/mol. The Kier molecular flexibility index (Phi) is 5.31. The molecule has 7 nitrogen and oxygen atoms in total. The van der Waals surface area contributed by atoms with Gasteiger partial charge in [0.1, 0.15) is 5.82 Å². The number of amides is 1. The number of anilines is 1. The van der Waals surface area contributed by atoms with Crippen LogP contribution in [0.5, 0.6) is 0 Å². The molecule has 4 heterocycles. The maximum absolute atomic E-state index is 12.6. The summed E-state index contributed by atoms with van der Waals surface area (Å²) in [6, 6.07) is 1.75. The van der Waals surface area contributed by atoms with Crippen molar-refractivity contribution in [2.45, 2.75) is 12.8 Å². The summed E-state index contributed by atoms with van der Waals surface area (Å²) >= 11 is 6.49. The number of aryl methyl sites for hydroxylation is 1. The number of ether oxygens (including phenoxy) is 1. The first-order valence-corrected chi connectivity index (χ1v) is 9.73. The molecule has 2 aliphatic rings. The van der Waals surface area contributed by atoms with Crippen LogP contribution in [0.4, 0.5) is 5.82 Å². The van der Waals surface area contributed by atoms with E-state index >= 15 is 0 Å². The minimum absolute atomic E-state index is 0.0323. The van der Waals surface area contributed by atoms with Crippen LogP contribution in [0.2, 0.25) is 5.02 Å². The zero-order valence-electron chi connectivity index (χ0n) is 15.5. The summed E-state index contributed by atoms with van der Waals surface area (Å²) in [5, 5.41) is 4.78. The Hall–Kier alpha value is -2.12. The lowest BCUT2D eigenvalue weighted by Gasteiger charge is -2.27. The molecule has 144 valence electrons. The van der Waals surface area contributed by atoms with Gasteiger partial charge in [0, 0.05) is 45.6 Å². The quantitative estimate of drug-likeness (QED) is 0.800. The molecule has 2 aromatic heterocycles. The molecule has 2 saturated heterocycles. The van der Waals surface area contributed by atoms with Crippen LogP contribution >= 0.6 is 11.6 Å². The lowest BCUT2D eigenvalue weighted by molar-refractivity contribution is 0.0302. The van der Waals surface area contributed by atoms with Crippen molar-refractivity contribution in [3.05, 3.63) is 40.8 Å². The Bertz CT molecular complexity index is 818. The van der Waals surface area contributed by atoms with E-state index in [1.165, 1.54) is 5.56 Å². The first-order chi connectivity index (χ1) is 13.1. The average molecular weight is 390 g/mol. The third-order valence-corrected chi connectivity index (χ3v) is 5.51. The summed E-state index contributed by atoms with van der Waals surface area (Å²) in [4.78, 5) is 21.1. The van der Waals surface area contributed by atoms with E-state index in [1.807, 2.05) is 17.9 Å². The van der Waals surface area contributed by atoms with Gasteiger partial charge in [-0.2, -0.15) is 5.10 Å². The van der Waals surface area contributed by atoms with Crippen molar-refractivity contribution in [2.24, 2.45) is 13.0 Å². The molecule has 1 amide bonds. The first-order valence-electron chi connectivity index (χ1n) is 9.35. The second-order valence-electron chi connectivity index (χ2n) is 7.26. The fraction of sp³-hybridized carbons (Fsp3) is 0.526. The van der Waals surface area contributed by atoms with Gasteiger partial charge in [0.15, 0.2) is 0 Å². The van der Waals surface area contributed by atoms with E-state index in [4.69, 9.17) is 16.3 Å². The Balaban J connectivity index is 1.41. The van der Waals surface area contributed by atoms with Crippen molar-refractivity contribution in [2.75, 3.05) is 44.3 Å². The Morgan fingerprint density at radius 2 is 2.11 bits per heavy atom. The summed E-state index contributed by atoms with van der Waals surface area (Å²) < 4.78 is 7.14. The van der Waals surface area contributed by atoms with E-state index < -0.39 is 0 Å². The molecule has 0 bridgehead atoms. The molecule has 27 heavy (non-hydrogen) atoms. The topological polar surface area (TPSA) is 63.5 Å². The summed E-state index contributed by atoms with van der Waals surface area (Å²) in [6.07, 6.45) is 7.75. The highest BCUT2D eigenvalue weighted by atomic mass is 35.5. The fourth-order valence-corrected chi connectivity index (χ4v) is 4.12. The number of nitrogens with zero attached hydrogens (tertiary/aromatic N) is 5. The van der Waals surface area contributed by atoms with Crippen LogP contribution in [0.15, 0.2) is 24.7 Å². The van der Waals surface area contributed by atoms with Gasteiger partial charge in [0.2, 0.25) is 0 Å². The Morgan fingerprint density at radius 3 is 2.81 bits per heavy atom. The minimum Gasteiger partial charge on any atom is -0.378 e. The van der Waals surface area contributed by atoms with Crippen LogP contribution < -0.4 is 4.90 Å². The molecule has 0 aromatic carbocycles. The lowest BCUT2D eigenvalue weighted by Crippen LogP contribution is -2.40. The fourth-order valence-electron chi connectivity index (χ4n) is 3.83. The van der Waals surface area contributed by atoms with Crippen molar-refractivity contribution in [1.29, 1.82) is 0 Å². The molecule has 0 saturated carbocycles. The number of halogens is 1. The molecule has 2 aromatic rings. The van der Waals surface area contributed by atoms with Gasteiger partial charge < -0.3 is 14.5 Å². The summed E-state index contributed by atoms with van der Waals surface area (Å²) in [7, 11) is 1.94. The van der Waals surface area contributed by atoms with Crippen LogP contribution in [0, 0.1) is 5.92 Å². The predicted molar refractivity (Wildman–Crippen MR) is 103 cm³/mol. The highest BCUT2D eigenvalue weighted by molar-refractivity contribution is 6.33. The molecule has 1 atom stereocenters. The predicted octanol–water partition coefficient (Wildman–Crippen LogP) is 2.01. The van der Waals surface area contributed by atoms with Gasteiger partial charge in [0.25, 0.3) is 5.91 Å². The van der Waals surface area contributed by atoms with Gasteiger partial charge in [-0.15, -0.1) is 0 Å². The van der Waals surface area contributed by atoms with Gasteiger partial charge in [-0.3, -0.25) is 9.48 Å². The van der Waals surface area contributed by atoms with E-state index in [0.29, 0.717) is 42.8 Å². The minimum atomic E-state index is -0.0323. The Labute approximate surface area is 163 Å². The molecule has 0 spiro atoms. The van der Waals surface area contributed by atoms with E-state index in [2.05, 4.69) is 21.2 Å². The number of carbonyl (C=O) groups excluding carboxylic acids is 1. The molecule has 0 radical (unpaired) electrons. The maximum Gasteiger partial charge on any atom is 0.255 e. The van der Waals surface area contributed by atoms with Crippen LogP contribution in [0.25, 0.3) is 0 Å². The van der Waals surface area contributed by atoms with Crippen molar-refractivity contribution in [3.8, 4) is 0 Å². The smallest absolute Gasteiger partial charge is 0.255 e. The number of morpholine rings is 1. The van der Waals surface area contributed by atoms with Crippen LogP contribution in [0.1, 0.15) is 22.3 Å². The third kappa shape index (κ3) is 4.09. The SMILES string of the molecule is Cn1cc(CC2CCN(c3ncc(C(=O)N4CCOCC4)cc3Cl)C2)cn1. The molecule has 4 rings (SSSR count). The van der Waals surface area contributed by atoms with E-state index in [-0.39, 0.29) is 5.91 Å². The van der Waals surface area contributed by atoms with E-state index in [0.717, 1.165) is 31.7 Å². The van der Waals surface area contributed by atoms with Crippen LogP contribution in [-0.4, -0.2) is 65.0 Å². The molecule has 2 aliphatic heterocycles. The van der Waals surface area contributed by atoms with E-state index in [9.17, 15) is 4.79 Å². The summed E-state index contributed by atoms with van der Waals surface area (Å²) in [6.45, 7) is 4.22. The van der Waals surface area contributed by atoms with Crippen molar-refractivity contribution in [3.63, 3.8) is 0 Å². The standard InChI is InChI=1S/C19H24ClN5O2/c1-23-12-15(10-22-23)8-14-2-3-25(13-14)18-17(20)9-16(11-21-18)19(26)24-4-6-27-7-5-24/h9-12,14H,2-8,13H2,1H3. The number of hydrogen-bond donors (Lipinski definition) is 0. The molecule has 8 heteroatoms. The van der Waals surface area contributed by atoms with E-state index in [1.54, 1.807) is 17.2 Å². The molecular formula is C19H24ClN5O2. The van der Waals surface area contributed by atoms with Gasteiger partial charge >= 0.3 is 0 Å². The third-order valence-electron chi connectivity index (χ3n) is 5.24. The first kappa shape index (κ1) is 18.3. The largest absolute Gasteiger partial charge is 0.378 e. The van der Waals surface area contributed by atoms with Crippen molar-refractivity contribution >= 4 is 23.3 Å². The van der Waals surface area contributed by atoms with Crippen LogP contribution in [-0.2, 0) is 18.2 Å². The lowest BCUT2D eigenvalue weighted by atomic mass is 10.0. The monoisotopic (exact) mass is 389 g/mol. The van der Waals surface area contributed by atoms with Crippen molar-refractivity contribution < 1.29 is 9.53 Å².